The normalized spacial score (nSPS) is 11.9. The van der Waals surface area contributed by atoms with E-state index in [4.69, 9.17) is 9.15 Å². The van der Waals surface area contributed by atoms with Crippen LogP contribution in [-0.4, -0.2) is 17.2 Å². The summed E-state index contributed by atoms with van der Waals surface area (Å²) >= 11 is 0. The van der Waals surface area contributed by atoms with Crippen molar-refractivity contribution in [2.75, 3.05) is 0 Å². The third-order valence-corrected chi connectivity index (χ3v) is 3.47. The van der Waals surface area contributed by atoms with Crippen LogP contribution in [0, 0.1) is 0 Å². The van der Waals surface area contributed by atoms with E-state index in [2.05, 4.69) is 16.3 Å². The highest BCUT2D eigenvalue weighted by atomic mass is 16.5. The van der Waals surface area contributed by atoms with E-state index in [0.717, 1.165) is 5.56 Å². The Kier molecular flexibility index (Phi) is 4.43. The summed E-state index contributed by atoms with van der Waals surface area (Å²) in [6, 6.07) is 10.4. The maximum atomic E-state index is 11.9. The SMILES string of the molecule is C=c1[nH]oc(=O)c1=Cc1ccc(-c2ccc(C(=O)OC(C)C)cc2)o1. The van der Waals surface area contributed by atoms with Crippen molar-refractivity contribution in [1.29, 1.82) is 0 Å². The molecule has 0 saturated heterocycles. The Hall–Kier alpha value is -3.28. The quantitative estimate of drug-likeness (QED) is 0.735. The van der Waals surface area contributed by atoms with Gasteiger partial charge in [-0.25, -0.2) is 14.7 Å². The number of nitrogens with one attached hydrogen (secondary N) is 1. The summed E-state index contributed by atoms with van der Waals surface area (Å²) in [5.41, 5.74) is 0.773. The molecule has 2 aromatic heterocycles. The maximum Gasteiger partial charge on any atom is 0.365 e. The van der Waals surface area contributed by atoms with Gasteiger partial charge in [-0.05, 0) is 44.2 Å². The molecule has 6 heteroatoms. The van der Waals surface area contributed by atoms with Gasteiger partial charge < -0.3 is 13.7 Å². The highest BCUT2D eigenvalue weighted by molar-refractivity contribution is 5.90. The lowest BCUT2D eigenvalue weighted by molar-refractivity contribution is 0.0378. The number of aromatic nitrogens is 1. The van der Waals surface area contributed by atoms with Gasteiger partial charge in [0, 0.05) is 5.56 Å². The van der Waals surface area contributed by atoms with E-state index in [-0.39, 0.29) is 12.1 Å². The maximum absolute atomic E-state index is 11.9. The highest BCUT2D eigenvalue weighted by Crippen LogP contribution is 2.23. The summed E-state index contributed by atoms with van der Waals surface area (Å²) in [4.78, 5) is 23.4. The largest absolute Gasteiger partial charge is 0.459 e. The number of esters is 1. The van der Waals surface area contributed by atoms with Crippen LogP contribution in [0.4, 0.5) is 0 Å². The first kappa shape index (κ1) is 16.6. The molecule has 3 rings (SSSR count). The fourth-order valence-corrected chi connectivity index (χ4v) is 2.27. The van der Waals surface area contributed by atoms with Gasteiger partial charge in [-0.15, -0.1) is 0 Å². The first-order valence-electron chi connectivity index (χ1n) is 7.73. The number of H-pyrrole nitrogens is 1. The summed E-state index contributed by atoms with van der Waals surface area (Å²) in [7, 11) is 0. The fourth-order valence-electron chi connectivity index (χ4n) is 2.27. The van der Waals surface area contributed by atoms with E-state index >= 15 is 0 Å². The van der Waals surface area contributed by atoms with Crippen molar-refractivity contribution >= 4 is 18.6 Å². The number of ether oxygens (including phenoxy) is 1. The predicted octanol–water partition coefficient (Wildman–Crippen LogP) is 2.03. The highest BCUT2D eigenvalue weighted by Gasteiger charge is 2.10. The van der Waals surface area contributed by atoms with Crippen molar-refractivity contribution in [1.82, 2.24) is 5.16 Å². The lowest BCUT2D eigenvalue weighted by Gasteiger charge is -2.07. The van der Waals surface area contributed by atoms with Crippen molar-refractivity contribution in [2.45, 2.75) is 20.0 Å². The molecular formula is C19H17NO5. The van der Waals surface area contributed by atoms with Crippen LogP contribution in [0.25, 0.3) is 24.0 Å². The number of furan rings is 1. The van der Waals surface area contributed by atoms with Gasteiger partial charge in [0.25, 0.3) is 0 Å². The molecule has 0 bridgehead atoms. The number of hydrogen-bond donors (Lipinski definition) is 1. The average molecular weight is 339 g/mol. The Labute approximate surface area is 143 Å². The molecule has 128 valence electrons. The molecule has 0 aliphatic rings. The van der Waals surface area contributed by atoms with Gasteiger partial charge in [0.15, 0.2) is 0 Å². The van der Waals surface area contributed by atoms with Gasteiger partial charge >= 0.3 is 11.6 Å². The lowest BCUT2D eigenvalue weighted by atomic mass is 10.1. The minimum Gasteiger partial charge on any atom is -0.459 e. The monoisotopic (exact) mass is 339 g/mol. The molecule has 1 N–H and O–H groups in total. The molecule has 0 saturated carbocycles. The summed E-state index contributed by atoms with van der Waals surface area (Å²) in [5.74, 6) is 0.743. The lowest BCUT2D eigenvalue weighted by Crippen LogP contribution is -2.31. The van der Waals surface area contributed by atoms with Crippen LogP contribution in [0.5, 0.6) is 0 Å². The summed E-state index contributed by atoms with van der Waals surface area (Å²) in [6.07, 6.45) is 1.39. The van der Waals surface area contributed by atoms with Gasteiger partial charge in [-0.1, -0.05) is 18.7 Å². The number of carbonyl (C=O) groups excluding carboxylic acids is 1. The van der Waals surface area contributed by atoms with Crippen LogP contribution < -0.4 is 16.2 Å². The number of aromatic amines is 1. The molecule has 0 amide bonds. The predicted molar refractivity (Wildman–Crippen MR) is 92.4 cm³/mol. The zero-order chi connectivity index (χ0) is 18.0. The summed E-state index contributed by atoms with van der Waals surface area (Å²) in [6.45, 7) is 7.29. The second-order valence-corrected chi connectivity index (χ2v) is 5.76. The zero-order valence-electron chi connectivity index (χ0n) is 13.9. The molecule has 0 aliphatic heterocycles. The molecule has 6 nitrogen and oxygen atoms in total. The number of carbonyl (C=O) groups is 1. The van der Waals surface area contributed by atoms with Gasteiger partial charge in [-0.2, -0.15) is 0 Å². The minimum absolute atomic E-state index is 0.167. The van der Waals surface area contributed by atoms with E-state index in [1.54, 1.807) is 56.3 Å². The molecule has 0 aliphatic carbocycles. The molecule has 3 aromatic rings. The first-order chi connectivity index (χ1) is 11.9. The van der Waals surface area contributed by atoms with Crippen LogP contribution in [0.2, 0.25) is 0 Å². The van der Waals surface area contributed by atoms with Crippen LogP contribution >= 0.6 is 0 Å². The molecule has 0 unspecified atom stereocenters. The smallest absolute Gasteiger partial charge is 0.365 e. The van der Waals surface area contributed by atoms with E-state index in [1.165, 1.54) is 0 Å². The summed E-state index contributed by atoms with van der Waals surface area (Å²) < 4.78 is 15.5. The third kappa shape index (κ3) is 3.63. The topological polar surface area (TPSA) is 85.4 Å². The Morgan fingerprint density at radius 2 is 1.92 bits per heavy atom. The standard InChI is InChI=1S/C19H17NO5/c1-11(2)23-18(21)14-6-4-13(5-7-14)17-9-8-15(24-17)10-16-12(3)20-25-19(16)22/h4-11,20H,3H2,1-2H3. The van der Waals surface area contributed by atoms with Crippen molar-refractivity contribution < 1.29 is 18.5 Å². The zero-order valence-corrected chi connectivity index (χ0v) is 13.9. The van der Waals surface area contributed by atoms with E-state index < -0.39 is 5.63 Å². The fraction of sp³-hybridized carbons (Fsp3) is 0.158. The first-order valence-corrected chi connectivity index (χ1v) is 7.73. The molecule has 1 aromatic carbocycles. The molecule has 25 heavy (non-hydrogen) atoms. The van der Waals surface area contributed by atoms with Crippen LogP contribution in [0.3, 0.4) is 0 Å². The Morgan fingerprint density at radius 3 is 2.52 bits per heavy atom. The van der Waals surface area contributed by atoms with Crippen molar-refractivity contribution in [2.24, 2.45) is 0 Å². The van der Waals surface area contributed by atoms with Crippen LogP contribution in [0.15, 0.2) is 50.1 Å². The van der Waals surface area contributed by atoms with Crippen LogP contribution in [-0.2, 0) is 4.74 Å². The third-order valence-electron chi connectivity index (χ3n) is 3.47. The second-order valence-electron chi connectivity index (χ2n) is 5.76. The Bertz CT molecular complexity index is 1020. The molecular weight excluding hydrogens is 322 g/mol. The van der Waals surface area contributed by atoms with Crippen molar-refractivity contribution in [3.8, 4) is 11.3 Å². The number of hydrogen-bond acceptors (Lipinski definition) is 5. The van der Waals surface area contributed by atoms with E-state index in [1.807, 2.05) is 0 Å². The van der Waals surface area contributed by atoms with Gasteiger partial charge in [0.2, 0.25) is 0 Å². The van der Waals surface area contributed by atoms with Crippen molar-refractivity contribution in [3.63, 3.8) is 0 Å². The van der Waals surface area contributed by atoms with E-state index in [0.29, 0.717) is 27.7 Å². The van der Waals surface area contributed by atoms with Gasteiger partial charge in [0.05, 0.1) is 22.2 Å². The second kappa shape index (κ2) is 6.68. The molecule has 2 heterocycles. The molecule has 0 fully saturated rings. The Morgan fingerprint density at radius 1 is 1.20 bits per heavy atom. The van der Waals surface area contributed by atoms with E-state index in [9.17, 15) is 9.59 Å². The average Bonchev–Trinajstić information content (AvgIpc) is 3.17. The number of rotatable bonds is 4. The van der Waals surface area contributed by atoms with Crippen molar-refractivity contribution in [3.05, 3.63) is 68.7 Å². The van der Waals surface area contributed by atoms with Gasteiger partial charge in [-0.3, -0.25) is 0 Å². The molecule has 0 spiro atoms. The summed E-state index contributed by atoms with van der Waals surface area (Å²) in [5, 5.41) is 3.11. The Balaban J connectivity index is 1.86. The van der Waals surface area contributed by atoms with Gasteiger partial charge in [0.1, 0.15) is 11.5 Å². The number of benzene rings is 1. The molecule has 0 radical (unpaired) electrons. The molecule has 0 atom stereocenters. The van der Waals surface area contributed by atoms with Crippen LogP contribution in [0.1, 0.15) is 30.0 Å². The minimum atomic E-state index is -0.504.